The van der Waals surface area contributed by atoms with Crippen LogP contribution in [0.5, 0.6) is 0 Å². The first-order valence-corrected chi connectivity index (χ1v) is 7.68. The van der Waals surface area contributed by atoms with E-state index in [9.17, 15) is 20.4 Å². The third-order valence-corrected chi connectivity index (χ3v) is 3.79. The molecule has 0 bridgehead atoms. The maximum absolute atomic E-state index is 9.96. The van der Waals surface area contributed by atoms with Crippen molar-refractivity contribution in [2.45, 2.75) is 64.0 Å². The molecule has 0 radical (unpaired) electrons. The van der Waals surface area contributed by atoms with Crippen LogP contribution in [0.1, 0.15) is 27.2 Å². The van der Waals surface area contributed by atoms with Gasteiger partial charge in [-0.1, -0.05) is 17.7 Å². The van der Waals surface area contributed by atoms with E-state index in [0.717, 1.165) is 5.57 Å². The first-order valence-electron chi connectivity index (χ1n) is 7.68. The summed E-state index contributed by atoms with van der Waals surface area (Å²) in [7, 11) is 0. The minimum atomic E-state index is -1.46. The molecule has 134 valence electrons. The lowest BCUT2D eigenvalue weighted by molar-refractivity contribution is -0.298. The normalized spacial score (nSPS) is 33.4. The van der Waals surface area contributed by atoms with Crippen LogP contribution in [0.25, 0.3) is 0 Å². The molecule has 0 spiro atoms. The molecule has 1 fully saturated rings. The monoisotopic (exact) mass is 332 g/mol. The lowest BCUT2D eigenvalue weighted by atomic mass is 9.99. The molecule has 1 rings (SSSR count). The van der Waals surface area contributed by atoms with Gasteiger partial charge in [-0.2, -0.15) is 0 Å². The van der Waals surface area contributed by atoms with Crippen molar-refractivity contribution in [1.82, 2.24) is 0 Å². The first kappa shape index (κ1) is 20.2. The highest BCUT2D eigenvalue weighted by Crippen LogP contribution is 2.22. The zero-order chi connectivity index (χ0) is 17.6. The van der Waals surface area contributed by atoms with Gasteiger partial charge < -0.3 is 35.0 Å². The molecule has 7 heteroatoms. The molecule has 6 atom stereocenters. The van der Waals surface area contributed by atoms with Gasteiger partial charge in [-0.05, 0) is 32.8 Å². The summed E-state index contributed by atoms with van der Waals surface area (Å²) in [6.07, 6.45) is -2.97. The van der Waals surface area contributed by atoms with Crippen LogP contribution >= 0.6 is 0 Å². The smallest absolute Gasteiger partial charge is 0.187 e. The highest BCUT2D eigenvalue weighted by atomic mass is 16.7. The van der Waals surface area contributed by atoms with Crippen molar-refractivity contribution in [3.63, 3.8) is 0 Å². The van der Waals surface area contributed by atoms with Gasteiger partial charge >= 0.3 is 0 Å². The van der Waals surface area contributed by atoms with E-state index in [1.165, 1.54) is 0 Å². The van der Waals surface area contributed by atoms with Crippen LogP contribution in [0.3, 0.4) is 0 Å². The summed E-state index contributed by atoms with van der Waals surface area (Å²) in [4.78, 5) is 0. The fraction of sp³-hybridized carbons (Fsp3) is 0.750. The van der Waals surface area contributed by atoms with Gasteiger partial charge in [-0.15, -0.1) is 0 Å². The van der Waals surface area contributed by atoms with Crippen molar-refractivity contribution in [2.24, 2.45) is 0 Å². The molecule has 1 saturated heterocycles. The van der Waals surface area contributed by atoms with Gasteiger partial charge in [0.15, 0.2) is 6.29 Å². The van der Waals surface area contributed by atoms with E-state index in [1.54, 1.807) is 13.0 Å². The van der Waals surface area contributed by atoms with Crippen LogP contribution in [-0.4, -0.2) is 75.6 Å². The van der Waals surface area contributed by atoms with Crippen LogP contribution in [0.4, 0.5) is 0 Å². The highest BCUT2D eigenvalue weighted by Gasteiger charge is 2.43. The van der Waals surface area contributed by atoms with Gasteiger partial charge in [0.1, 0.15) is 24.4 Å². The van der Waals surface area contributed by atoms with Crippen LogP contribution in [0, 0.1) is 0 Å². The van der Waals surface area contributed by atoms with E-state index >= 15 is 0 Å². The first-order chi connectivity index (χ1) is 10.8. The lowest BCUT2D eigenvalue weighted by Crippen LogP contribution is -2.59. The Labute approximate surface area is 136 Å². The van der Waals surface area contributed by atoms with E-state index in [2.05, 4.69) is 0 Å². The molecule has 0 amide bonds. The molecular weight excluding hydrogens is 304 g/mol. The number of rotatable bonds is 7. The Balaban J connectivity index is 2.53. The molecule has 1 aliphatic rings. The number of aliphatic hydroxyl groups excluding tert-OH is 5. The quantitative estimate of drug-likeness (QED) is 0.397. The Kier molecular flexibility index (Phi) is 8.35. The zero-order valence-corrected chi connectivity index (χ0v) is 13.8. The van der Waals surface area contributed by atoms with Gasteiger partial charge in [-0.3, -0.25) is 0 Å². The van der Waals surface area contributed by atoms with Gasteiger partial charge in [-0.25, -0.2) is 0 Å². The predicted octanol–water partition coefficient (Wildman–Crippen LogP) is -0.534. The SMILES string of the molecule is CC(C)=CC[C@@H](O)/C(C)=C/CO[C@@H]1O[C@@H](CO)[C@H](O)[C@@H](O)[C@@H]1O. The Bertz CT molecular complexity index is 415. The second kappa shape index (κ2) is 9.48. The highest BCUT2D eigenvalue weighted by molar-refractivity contribution is 5.08. The molecule has 1 heterocycles. The topological polar surface area (TPSA) is 120 Å². The lowest BCUT2D eigenvalue weighted by Gasteiger charge is -2.39. The summed E-state index contributed by atoms with van der Waals surface area (Å²) in [6, 6.07) is 0. The molecule has 0 unspecified atom stereocenters. The van der Waals surface area contributed by atoms with Crippen molar-refractivity contribution in [3.05, 3.63) is 23.3 Å². The number of hydrogen-bond acceptors (Lipinski definition) is 7. The third kappa shape index (κ3) is 5.96. The van der Waals surface area contributed by atoms with Crippen LogP contribution in [0.2, 0.25) is 0 Å². The summed E-state index contributed by atoms with van der Waals surface area (Å²) < 4.78 is 10.6. The fourth-order valence-electron chi connectivity index (χ4n) is 2.15. The van der Waals surface area contributed by atoms with Gasteiger partial charge in [0.05, 0.1) is 19.3 Å². The molecule has 5 N–H and O–H groups in total. The van der Waals surface area contributed by atoms with Crippen LogP contribution in [0.15, 0.2) is 23.3 Å². The summed E-state index contributed by atoms with van der Waals surface area (Å²) in [6.45, 7) is 5.23. The van der Waals surface area contributed by atoms with Crippen LogP contribution in [-0.2, 0) is 9.47 Å². The Morgan fingerprint density at radius 3 is 2.30 bits per heavy atom. The Morgan fingerprint density at radius 1 is 1.09 bits per heavy atom. The second-order valence-corrected chi connectivity index (χ2v) is 6.01. The van der Waals surface area contributed by atoms with Gasteiger partial charge in [0, 0.05) is 0 Å². The van der Waals surface area contributed by atoms with Crippen molar-refractivity contribution in [1.29, 1.82) is 0 Å². The Hall–Kier alpha value is -0.800. The molecule has 1 aliphatic heterocycles. The second-order valence-electron chi connectivity index (χ2n) is 6.01. The standard InChI is InChI=1S/C16H28O7/c1-9(2)4-5-11(18)10(3)6-7-22-16-15(21)14(20)13(19)12(8-17)23-16/h4,6,11-21H,5,7-8H2,1-3H3/b10-6+/t11-,12+,13+,14-,15+,16-/m1/s1. The molecule has 0 saturated carbocycles. The summed E-state index contributed by atoms with van der Waals surface area (Å²) in [5, 5.41) is 48.2. The molecular formula is C16H28O7. The van der Waals surface area contributed by atoms with Crippen LogP contribution < -0.4 is 0 Å². The fourth-order valence-corrected chi connectivity index (χ4v) is 2.15. The van der Waals surface area contributed by atoms with Crippen molar-refractivity contribution in [2.75, 3.05) is 13.2 Å². The van der Waals surface area contributed by atoms with E-state index in [1.807, 2.05) is 19.9 Å². The van der Waals surface area contributed by atoms with Gasteiger partial charge in [0.2, 0.25) is 0 Å². The van der Waals surface area contributed by atoms with E-state index in [-0.39, 0.29) is 6.61 Å². The van der Waals surface area contributed by atoms with E-state index in [4.69, 9.17) is 14.6 Å². The summed E-state index contributed by atoms with van der Waals surface area (Å²) in [5.41, 5.74) is 1.83. The van der Waals surface area contributed by atoms with Crippen molar-refractivity contribution < 1.29 is 35.0 Å². The average molecular weight is 332 g/mol. The maximum Gasteiger partial charge on any atom is 0.187 e. The minimum absolute atomic E-state index is 0.0560. The predicted molar refractivity (Wildman–Crippen MR) is 83.5 cm³/mol. The van der Waals surface area contributed by atoms with Crippen molar-refractivity contribution >= 4 is 0 Å². The number of allylic oxidation sites excluding steroid dienone is 1. The summed E-state index contributed by atoms with van der Waals surface area (Å²) >= 11 is 0. The maximum atomic E-state index is 9.96. The molecule has 23 heavy (non-hydrogen) atoms. The Morgan fingerprint density at radius 2 is 1.74 bits per heavy atom. The van der Waals surface area contributed by atoms with E-state index < -0.39 is 43.4 Å². The van der Waals surface area contributed by atoms with Crippen molar-refractivity contribution in [3.8, 4) is 0 Å². The minimum Gasteiger partial charge on any atom is -0.394 e. The van der Waals surface area contributed by atoms with E-state index in [0.29, 0.717) is 12.0 Å². The third-order valence-electron chi connectivity index (χ3n) is 3.79. The molecule has 7 nitrogen and oxygen atoms in total. The number of aliphatic hydroxyl groups is 5. The van der Waals surface area contributed by atoms with Gasteiger partial charge in [0.25, 0.3) is 0 Å². The number of ether oxygens (including phenoxy) is 2. The summed E-state index contributed by atoms with van der Waals surface area (Å²) in [5.74, 6) is 0. The molecule has 0 aromatic heterocycles. The average Bonchev–Trinajstić information content (AvgIpc) is 2.52. The molecule has 0 aromatic carbocycles. The number of hydrogen-bond donors (Lipinski definition) is 5. The largest absolute Gasteiger partial charge is 0.394 e. The molecule has 0 aromatic rings. The zero-order valence-electron chi connectivity index (χ0n) is 13.8. The molecule has 0 aliphatic carbocycles.